The predicted octanol–water partition coefficient (Wildman–Crippen LogP) is 1.21. The minimum atomic E-state index is -1.18. The van der Waals surface area contributed by atoms with E-state index in [1.54, 1.807) is 13.1 Å². The number of nitrogen functional groups attached to an aromatic ring is 1. The molecule has 0 aromatic heterocycles. The van der Waals surface area contributed by atoms with Gasteiger partial charge in [0.1, 0.15) is 11.3 Å². The smallest absolute Gasteiger partial charge is 0.341 e. The van der Waals surface area contributed by atoms with Gasteiger partial charge in [-0.05, 0) is 26.0 Å². The molecule has 0 heterocycles. The van der Waals surface area contributed by atoms with Crippen molar-refractivity contribution >= 4 is 17.6 Å². The van der Waals surface area contributed by atoms with Crippen LogP contribution in [0.4, 0.5) is 5.69 Å². The molecular formula is C13H18N2O4. The molecule has 0 radical (unpaired) electrons. The third kappa shape index (κ3) is 3.61. The molecule has 0 saturated carbocycles. The Morgan fingerprint density at radius 1 is 1.42 bits per heavy atom. The molecule has 1 aromatic rings. The van der Waals surface area contributed by atoms with E-state index < -0.39 is 5.97 Å². The molecule has 1 rings (SSSR count). The number of likely N-dealkylation sites (N-methyl/N-ethyl adjacent to an activating group) is 1. The summed E-state index contributed by atoms with van der Waals surface area (Å²) in [6.45, 7) is 3.53. The highest BCUT2D eigenvalue weighted by atomic mass is 16.5. The number of carbonyl (C=O) groups excluding carboxylic acids is 1. The lowest BCUT2D eigenvalue weighted by Gasteiger charge is -2.21. The number of nitrogens with two attached hydrogens (primary N) is 1. The maximum atomic E-state index is 11.7. The summed E-state index contributed by atoms with van der Waals surface area (Å²) in [4.78, 5) is 24.3. The standard InChI is InChI=1S/C13H18N2O4/c1-8(2)15(3)11(16)7-19-10-6-4-5-9(14)12(10)13(17)18/h4-6,8H,7,14H2,1-3H3,(H,17,18). The minimum Gasteiger partial charge on any atom is -0.483 e. The summed E-state index contributed by atoms with van der Waals surface area (Å²) >= 11 is 0. The topological polar surface area (TPSA) is 92.9 Å². The van der Waals surface area contributed by atoms with E-state index in [0.29, 0.717) is 0 Å². The predicted molar refractivity (Wildman–Crippen MR) is 71.2 cm³/mol. The van der Waals surface area contributed by atoms with Gasteiger partial charge >= 0.3 is 5.97 Å². The Bertz CT molecular complexity index is 486. The molecule has 1 aromatic carbocycles. The Hall–Kier alpha value is -2.24. The zero-order valence-corrected chi connectivity index (χ0v) is 11.2. The number of hydrogen-bond donors (Lipinski definition) is 2. The Kier molecular flexibility index (Phi) is 4.74. The number of benzene rings is 1. The van der Waals surface area contributed by atoms with Crippen LogP contribution in [-0.4, -0.2) is 41.6 Å². The zero-order chi connectivity index (χ0) is 14.6. The molecule has 104 valence electrons. The summed E-state index contributed by atoms with van der Waals surface area (Å²) in [6, 6.07) is 4.57. The van der Waals surface area contributed by atoms with Crippen molar-refractivity contribution in [3.05, 3.63) is 23.8 Å². The normalized spacial score (nSPS) is 10.3. The lowest BCUT2D eigenvalue weighted by molar-refractivity contribution is -0.133. The molecule has 6 heteroatoms. The number of carboxylic acids is 1. The SMILES string of the molecule is CC(C)N(C)C(=O)COc1cccc(N)c1C(=O)O. The summed E-state index contributed by atoms with van der Waals surface area (Å²) in [5.41, 5.74) is 5.56. The lowest BCUT2D eigenvalue weighted by Crippen LogP contribution is -2.36. The van der Waals surface area contributed by atoms with E-state index in [1.165, 1.54) is 17.0 Å². The molecule has 6 nitrogen and oxygen atoms in total. The molecule has 0 atom stereocenters. The van der Waals surface area contributed by atoms with Gasteiger partial charge < -0.3 is 20.5 Å². The minimum absolute atomic E-state index is 0.0517. The van der Waals surface area contributed by atoms with Crippen LogP contribution in [0.1, 0.15) is 24.2 Å². The van der Waals surface area contributed by atoms with Gasteiger partial charge in [-0.1, -0.05) is 6.07 Å². The molecular weight excluding hydrogens is 248 g/mol. The maximum Gasteiger partial charge on any atom is 0.341 e. The molecule has 0 aliphatic carbocycles. The molecule has 0 spiro atoms. The van der Waals surface area contributed by atoms with Gasteiger partial charge in [0.05, 0.1) is 0 Å². The average Bonchev–Trinajstić information content (AvgIpc) is 2.34. The van der Waals surface area contributed by atoms with E-state index in [-0.39, 0.29) is 35.6 Å². The third-order valence-corrected chi connectivity index (χ3v) is 2.79. The van der Waals surface area contributed by atoms with Gasteiger partial charge in [-0.15, -0.1) is 0 Å². The Morgan fingerprint density at radius 2 is 2.05 bits per heavy atom. The van der Waals surface area contributed by atoms with Crippen LogP contribution in [0.2, 0.25) is 0 Å². The first-order chi connectivity index (χ1) is 8.84. The molecule has 1 amide bonds. The van der Waals surface area contributed by atoms with Crippen LogP contribution < -0.4 is 10.5 Å². The van der Waals surface area contributed by atoms with E-state index >= 15 is 0 Å². The molecule has 0 bridgehead atoms. The van der Waals surface area contributed by atoms with Crippen LogP contribution in [0.15, 0.2) is 18.2 Å². The van der Waals surface area contributed by atoms with Crippen LogP contribution in [-0.2, 0) is 4.79 Å². The highest BCUT2D eigenvalue weighted by Crippen LogP contribution is 2.24. The second-order valence-corrected chi connectivity index (χ2v) is 4.41. The summed E-state index contributed by atoms with van der Waals surface area (Å²) < 4.78 is 5.26. The van der Waals surface area contributed by atoms with E-state index in [2.05, 4.69) is 0 Å². The van der Waals surface area contributed by atoms with E-state index in [0.717, 1.165) is 0 Å². The van der Waals surface area contributed by atoms with Gasteiger partial charge in [-0.3, -0.25) is 4.79 Å². The maximum absolute atomic E-state index is 11.7. The van der Waals surface area contributed by atoms with E-state index in [4.69, 9.17) is 15.6 Å². The fourth-order valence-corrected chi connectivity index (χ4v) is 1.43. The summed E-state index contributed by atoms with van der Waals surface area (Å²) in [6.07, 6.45) is 0. The van der Waals surface area contributed by atoms with Gasteiger partial charge in [0.2, 0.25) is 0 Å². The fourth-order valence-electron chi connectivity index (χ4n) is 1.43. The van der Waals surface area contributed by atoms with E-state index in [9.17, 15) is 9.59 Å². The largest absolute Gasteiger partial charge is 0.483 e. The van der Waals surface area contributed by atoms with Crippen molar-refractivity contribution in [1.29, 1.82) is 0 Å². The first-order valence-corrected chi connectivity index (χ1v) is 5.84. The van der Waals surface area contributed by atoms with Gasteiger partial charge in [-0.2, -0.15) is 0 Å². The Morgan fingerprint density at radius 3 is 2.58 bits per heavy atom. The Balaban J connectivity index is 2.82. The van der Waals surface area contributed by atoms with Crippen molar-refractivity contribution in [3.63, 3.8) is 0 Å². The third-order valence-electron chi connectivity index (χ3n) is 2.79. The molecule has 19 heavy (non-hydrogen) atoms. The van der Waals surface area contributed by atoms with Gasteiger partial charge in [0, 0.05) is 18.8 Å². The Labute approximate surface area is 111 Å². The van der Waals surface area contributed by atoms with Gasteiger partial charge in [0.15, 0.2) is 6.61 Å². The number of carbonyl (C=O) groups is 2. The van der Waals surface area contributed by atoms with Crippen molar-refractivity contribution in [2.24, 2.45) is 0 Å². The zero-order valence-electron chi connectivity index (χ0n) is 11.2. The number of rotatable bonds is 5. The van der Waals surface area contributed by atoms with Crippen molar-refractivity contribution in [2.45, 2.75) is 19.9 Å². The highest BCUT2D eigenvalue weighted by molar-refractivity contribution is 5.96. The second kappa shape index (κ2) is 6.08. The molecule has 3 N–H and O–H groups in total. The number of aromatic carboxylic acids is 1. The summed E-state index contributed by atoms with van der Waals surface area (Å²) in [5.74, 6) is -1.32. The van der Waals surface area contributed by atoms with Crippen LogP contribution in [0.5, 0.6) is 5.75 Å². The van der Waals surface area contributed by atoms with Crippen LogP contribution in [0.3, 0.4) is 0 Å². The molecule has 0 saturated heterocycles. The first kappa shape index (κ1) is 14.8. The first-order valence-electron chi connectivity index (χ1n) is 5.84. The monoisotopic (exact) mass is 266 g/mol. The van der Waals surface area contributed by atoms with Crippen molar-refractivity contribution in [2.75, 3.05) is 19.4 Å². The quantitative estimate of drug-likeness (QED) is 0.781. The van der Waals surface area contributed by atoms with Gasteiger partial charge in [0.25, 0.3) is 5.91 Å². The number of hydrogen-bond acceptors (Lipinski definition) is 4. The average molecular weight is 266 g/mol. The number of amides is 1. The van der Waals surface area contributed by atoms with Crippen LogP contribution in [0.25, 0.3) is 0 Å². The number of ether oxygens (including phenoxy) is 1. The van der Waals surface area contributed by atoms with Crippen molar-refractivity contribution in [3.8, 4) is 5.75 Å². The number of nitrogens with zero attached hydrogens (tertiary/aromatic N) is 1. The molecule has 0 fully saturated rings. The molecule has 0 aliphatic heterocycles. The van der Waals surface area contributed by atoms with Crippen LogP contribution in [0, 0.1) is 0 Å². The number of anilines is 1. The highest BCUT2D eigenvalue weighted by Gasteiger charge is 2.17. The van der Waals surface area contributed by atoms with Crippen molar-refractivity contribution in [1.82, 2.24) is 4.90 Å². The second-order valence-electron chi connectivity index (χ2n) is 4.41. The number of carboxylic acid groups (broad SMARTS) is 1. The van der Waals surface area contributed by atoms with Crippen molar-refractivity contribution < 1.29 is 19.4 Å². The van der Waals surface area contributed by atoms with Gasteiger partial charge in [-0.25, -0.2) is 4.79 Å². The summed E-state index contributed by atoms with van der Waals surface area (Å²) in [7, 11) is 1.66. The van der Waals surface area contributed by atoms with Crippen LogP contribution >= 0.6 is 0 Å². The fraction of sp³-hybridized carbons (Fsp3) is 0.385. The van der Waals surface area contributed by atoms with E-state index in [1.807, 2.05) is 13.8 Å². The summed E-state index contributed by atoms with van der Waals surface area (Å²) in [5, 5.41) is 9.05. The molecule has 0 unspecified atom stereocenters. The molecule has 0 aliphatic rings. The lowest BCUT2D eigenvalue weighted by atomic mass is 10.1.